The molecule has 0 amide bonds. The summed E-state index contributed by atoms with van der Waals surface area (Å²) >= 11 is 0. The molecule has 3 aromatic heterocycles. The number of fused-ring (bicyclic) bond motifs is 5. The minimum atomic E-state index is 1.01. The highest BCUT2D eigenvalue weighted by atomic mass is 15.0. The molecular formula is C17H17N3. The molecule has 0 spiro atoms. The van der Waals surface area contributed by atoms with Crippen LogP contribution in [0.2, 0.25) is 0 Å². The first-order valence-electron chi connectivity index (χ1n) is 6.92. The van der Waals surface area contributed by atoms with E-state index in [1.165, 1.54) is 21.7 Å². The van der Waals surface area contributed by atoms with Gasteiger partial charge in [-0.1, -0.05) is 32.0 Å². The molecule has 0 aliphatic heterocycles. The summed E-state index contributed by atoms with van der Waals surface area (Å²) in [6, 6.07) is 10.4. The van der Waals surface area contributed by atoms with Crippen molar-refractivity contribution in [3.8, 4) is 0 Å². The lowest BCUT2D eigenvalue weighted by atomic mass is 10.1. The highest BCUT2D eigenvalue weighted by Crippen LogP contribution is 2.31. The molecule has 3 nitrogen and oxygen atoms in total. The average molecular weight is 263 g/mol. The smallest absolute Gasteiger partial charge is 0.141 e. The first kappa shape index (κ1) is 12.6. The summed E-state index contributed by atoms with van der Waals surface area (Å²) in [6.07, 6.45) is 5.64. The fourth-order valence-corrected chi connectivity index (χ4v) is 2.65. The third-order valence-electron chi connectivity index (χ3n) is 3.53. The zero-order valence-electron chi connectivity index (χ0n) is 12.0. The van der Waals surface area contributed by atoms with Gasteiger partial charge in [0.2, 0.25) is 0 Å². The number of aromatic nitrogens is 3. The van der Waals surface area contributed by atoms with E-state index >= 15 is 0 Å². The largest absolute Gasteiger partial charge is 0.328 e. The minimum absolute atomic E-state index is 1.01. The van der Waals surface area contributed by atoms with Crippen LogP contribution < -0.4 is 0 Å². The van der Waals surface area contributed by atoms with Gasteiger partial charge in [0.1, 0.15) is 5.65 Å². The predicted molar refractivity (Wildman–Crippen MR) is 84.9 cm³/mol. The molecule has 20 heavy (non-hydrogen) atoms. The maximum absolute atomic E-state index is 4.58. The van der Waals surface area contributed by atoms with Crippen molar-refractivity contribution in [3.63, 3.8) is 0 Å². The van der Waals surface area contributed by atoms with Gasteiger partial charge in [-0.2, -0.15) is 0 Å². The third kappa shape index (κ3) is 1.67. The molecule has 4 rings (SSSR count). The average Bonchev–Trinajstić information content (AvgIpc) is 2.83. The van der Waals surface area contributed by atoms with Crippen molar-refractivity contribution in [1.82, 2.24) is 14.5 Å². The Morgan fingerprint density at radius 1 is 0.950 bits per heavy atom. The van der Waals surface area contributed by atoms with Crippen molar-refractivity contribution in [2.75, 3.05) is 0 Å². The van der Waals surface area contributed by atoms with Gasteiger partial charge < -0.3 is 4.57 Å². The SMILES string of the molecule is CC.Cn1c2ccccc2c2c3cnccc3cnc21. The summed E-state index contributed by atoms with van der Waals surface area (Å²) < 4.78 is 2.14. The molecule has 0 aliphatic carbocycles. The Morgan fingerprint density at radius 2 is 1.75 bits per heavy atom. The molecule has 0 aliphatic rings. The molecule has 0 saturated carbocycles. The van der Waals surface area contributed by atoms with Crippen LogP contribution in [0.1, 0.15) is 13.8 Å². The van der Waals surface area contributed by atoms with Crippen molar-refractivity contribution < 1.29 is 0 Å². The molecule has 0 saturated heterocycles. The summed E-state index contributed by atoms with van der Waals surface area (Å²) in [5.74, 6) is 0. The van der Waals surface area contributed by atoms with Crippen LogP contribution in [0.3, 0.4) is 0 Å². The summed E-state index contributed by atoms with van der Waals surface area (Å²) in [7, 11) is 2.06. The summed E-state index contributed by atoms with van der Waals surface area (Å²) in [6.45, 7) is 4.00. The van der Waals surface area contributed by atoms with Crippen molar-refractivity contribution in [3.05, 3.63) is 48.9 Å². The number of rotatable bonds is 0. The maximum atomic E-state index is 4.58. The van der Waals surface area contributed by atoms with E-state index < -0.39 is 0 Å². The van der Waals surface area contributed by atoms with Gasteiger partial charge in [0.05, 0.1) is 5.52 Å². The number of nitrogens with zero attached hydrogens (tertiary/aromatic N) is 3. The van der Waals surface area contributed by atoms with Crippen LogP contribution in [0, 0.1) is 0 Å². The minimum Gasteiger partial charge on any atom is -0.328 e. The molecule has 4 aromatic rings. The molecule has 3 heteroatoms. The number of para-hydroxylation sites is 1. The van der Waals surface area contributed by atoms with E-state index in [1.54, 1.807) is 6.20 Å². The van der Waals surface area contributed by atoms with Crippen LogP contribution in [0.25, 0.3) is 32.7 Å². The summed E-state index contributed by atoms with van der Waals surface area (Å²) in [5.41, 5.74) is 2.22. The Labute approximate surface area is 117 Å². The fraction of sp³-hybridized carbons (Fsp3) is 0.176. The zero-order valence-corrected chi connectivity index (χ0v) is 12.0. The van der Waals surface area contributed by atoms with Gasteiger partial charge in [-0.05, 0) is 12.1 Å². The summed E-state index contributed by atoms with van der Waals surface area (Å²) in [5, 5.41) is 4.73. The van der Waals surface area contributed by atoms with Gasteiger partial charge in [0.15, 0.2) is 0 Å². The third-order valence-corrected chi connectivity index (χ3v) is 3.53. The van der Waals surface area contributed by atoms with Crippen molar-refractivity contribution in [2.45, 2.75) is 13.8 Å². The molecule has 1 aromatic carbocycles. The van der Waals surface area contributed by atoms with E-state index in [0.29, 0.717) is 0 Å². The van der Waals surface area contributed by atoms with Gasteiger partial charge in [-0.25, -0.2) is 4.98 Å². The lowest BCUT2D eigenvalue weighted by molar-refractivity contribution is 0.991. The van der Waals surface area contributed by atoms with Gasteiger partial charge >= 0.3 is 0 Å². The molecule has 0 radical (unpaired) electrons. The first-order chi connectivity index (χ1) is 9.86. The Kier molecular flexibility index (Phi) is 3.11. The topological polar surface area (TPSA) is 30.7 Å². The van der Waals surface area contributed by atoms with Gasteiger partial charge in [-0.15, -0.1) is 0 Å². The van der Waals surface area contributed by atoms with Gasteiger partial charge in [0.25, 0.3) is 0 Å². The van der Waals surface area contributed by atoms with E-state index in [-0.39, 0.29) is 0 Å². The number of pyridine rings is 2. The van der Waals surface area contributed by atoms with Crippen LogP contribution in [0.5, 0.6) is 0 Å². The second-order valence-electron chi connectivity index (χ2n) is 4.50. The highest BCUT2D eigenvalue weighted by Gasteiger charge is 2.11. The van der Waals surface area contributed by atoms with Crippen LogP contribution in [0.4, 0.5) is 0 Å². The number of hydrogen-bond donors (Lipinski definition) is 0. The number of aryl methyl sites for hydroxylation is 1. The molecular weight excluding hydrogens is 246 g/mol. The number of benzene rings is 1. The molecule has 0 unspecified atom stereocenters. The van der Waals surface area contributed by atoms with E-state index in [9.17, 15) is 0 Å². The second-order valence-corrected chi connectivity index (χ2v) is 4.50. The standard InChI is InChI=1S/C15H11N3.C2H6/c1-18-13-5-3-2-4-11(13)14-12-9-16-7-6-10(12)8-17-15(14)18;1-2/h2-9H,1H3;1-2H3. The molecule has 0 atom stereocenters. The van der Waals surface area contributed by atoms with Crippen LogP contribution in [-0.4, -0.2) is 14.5 Å². The molecule has 3 heterocycles. The normalized spacial score (nSPS) is 10.8. The van der Waals surface area contributed by atoms with Crippen molar-refractivity contribution in [1.29, 1.82) is 0 Å². The van der Waals surface area contributed by atoms with Crippen molar-refractivity contribution >= 4 is 32.7 Å². The summed E-state index contributed by atoms with van der Waals surface area (Å²) in [4.78, 5) is 8.82. The lowest BCUT2D eigenvalue weighted by Crippen LogP contribution is -1.89. The maximum Gasteiger partial charge on any atom is 0.141 e. The van der Waals surface area contributed by atoms with E-state index in [2.05, 4.69) is 45.8 Å². The van der Waals surface area contributed by atoms with Gasteiger partial charge in [-0.3, -0.25) is 4.98 Å². The molecule has 100 valence electrons. The molecule has 0 fully saturated rings. The Morgan fingerprint density at radius 3 is 2.60 bits per heavy atom. The molecule has 0 bridgehead atoms. The van der Waals surface area contributed by atoms with Crippen LogP contribution in [-0.2, 0) is 7.05 Å². The van der Waals surface area contributed by atoms with Gasteiger partial charge in [0, 0.05) is 47.2 Å². The van der Waals surface area contributed by atoms with Crippen LogP contribution >= 0.6 is 0 Å². The van der Waals surface area contributed by atoms with E-state index in [0.717, 1.165) is 11.0 Å². The zero-order chi connectivity index (χ0) is 14.1. The predicted octanol–water partition coefficient (Wildman–Crippen LogP) is 4.30. The van der Waals surface area contributed by atoms with E-state index in [4.69, 9.17) is 0 Å². The number of hydrogen-bond acceptors (Lipinski definition) is 2. The van der Waals surface area contributed by atoms with Crippen LogP contribution in [0.15, 0.2) is 48.9 Å². The Balaban J connectivity index is 0.000000581. The lowest BCUT2D eigenvalue weighted by Gasteiger charge is -1.99. The van der Waals surface area contributed by atoms with Crippen molar-refractivity contribution in [2.24, 2.45) is 7.05 Å². The highest BCUT2D eigenvalue weighted by molar-refractivity contribution is 6.18. The monoisotopic (exact) mass is 263 g/mol. The fourth-order valence-electron chi connectivity index (χ4n) is 2.65. The Bertz CT molecular complexity index is 891. The first-order valence-corrected chi connectivity index (χ1v) is 6.92. The Hall–Kier alpha value is -2.42. The quantitative estimate of drug-likeness (QED) is 0.473. The van der Waals surface area contributed by atoms with E-state index in [1.807, 2.05) is 32.3 Å². The molecule has 0 N–H and O–H groups in total. The second kappa shape index (κ2) is 4.93.